The minimum atomic E-state index is -3.29. The highest BCUT2D eigenvalue weighted by Crippen LogP contribution is 2.25. The van der Waals surface area contributed by atoms with Crippen molar-refractivity contribution in [1.82, 2.24) is 24.9 Å². The topological polar surface area (TPSA) is 118 Å². The van der Waals surface area contributed by atoms with E-state index in [4.69, 9.17) is 0 Å². The molecule has 4 rings (SSSR count). The van der Waals surface area contributed by atoms with Crippen LogP contribution in [0.25, 0.3) is 27.9 Å². The van der Waals surface area contributed by atoms with Crippen molar-refractivity contribution in [2.75, 3.05) is 24.7 Å². The third-order valence-corrected chi connectivity index (χ3v) is 6.11. The molecule has 0 aliphatic carbocycles. The van der Waals surface area contributed by atoms with Crippen LogP contribution >= 0.6 is 0 Å². The number of unbranched alkanes of at least 4 members (excludes halogenated alkanes) is 1. The van der Waals surface area contributed by atoms with Gasteiger partial charge in [0.15, 0.2) is 21.3 Å². The number of benzene rings is 2. The fraction of sp³-hybridized carbons (Fsp3) is 0.273. The highest BCUT2D eigenvalue weighted by Gasteiger charge is 2.16. The molecule has 1 amide bonds. The van der Waals surface area contributed by atoms with Crippen molar-refractivity contribution in [1.29, 1.82) is 0 Å². The third-order valence-electron chi connectivity index (χ3n) is 4.98. The van der Waals surface area contributed by atoms with E-state index >= 15 is 0 Å². The van der Waals surface area contributed by atoms with Gasteiger partial charge in [-0.1, -0.05) is 25.5 Å². The molecule has 4 aromatic rings. The lowest BCUT2D eigenvalue weighted by Crippen LogP contribution is -2.31. The summed E-state index contributed by atoms with van der Waals surface area (Å²) < 4.78 is 25.0. The van der Waals surface area contributed by atoms with Gasteiger partial charge in [-0.15, -0.1) is 5.10 Å². The first-order chi connectivity index (χ1) is 15.4. The predicted octanol–water partition coefficient (Wildman–Crippen LogP) is 2.68. The number of carbonyl (C=O) groups is 1. The molecule has 0 fully saturated rings. The summed E-state index contributed by atoms with van der Waals surface area (Å²) in [7, 11) is -3.29. The van der Waals surface area contributed by atoms with E-state index in [1.807, 2.05) is 24.3 Å². The summed E-state index contributed by atoms with van der Waals surface area (Å²) in [6, 6.07) is 14.0. The smallest absolute Gasteiger partial charge is 0.239 e. The van der Waals surface area contributed by atoms with E-state index < -0.39 is 9.84 Å². The number of hydrogen-bond acceptors (Lipinski definition) is 7. The number of carbonyl (C=O) groups excluding carboxylic acids is 1. The lowest BCUT2D eigenvalue weighted by atomic mass is 10.2. The molecule has 0 aliphatic rings. The van der Waals surface area contributed by atoms with E-state index in [9.17, 15) is 13.2 Å². The second-order valence-electron chi connectivity index (χ2n) is 7.48. The molecule has 0 saturated heterocycles. The van der Waals surface area contributed by atoms with Crippen molar-refractivity contribution >= 4 is 38.2 Å². The summed E-state index contributed by atoms with van der Waals surface area (Å²) in [5, 5.41) is 11.3. The quantitative estimate of drug-likeness (QED) is 0.395. The van der Waals surface area contributed by atoms with Gasteiger partial charge in [0.25, 0.3) is 0 Å². The fourth-order valence-electron chi connectivity index (χ4n) is 3.27. The predicted molar refractivity (Wildman–Crippen MR) is 123 cm³/mol. The number of sulfone groups is 1. The number of nitrogens with zero attached hydrogens (tertiary/aromatic N) is 4. The maximum Gasteiger partial charge on any atom is 0.239 e. The normalized spacial score (nSPS) is 11.7. The van der Waals surface area contributed by atoms with Gasteiger partial charge < -0.3 is 10.6 Å². The molecule has 0 unspecified atom stereocenters. The van der Waals surface area contributed by atoms with Gasteiger partial charge in [-0.05, 0) is 42.8 Å². The van der Waals surface area contributed by atoms with Gasteiger partial charge in [0.1, 0.15) is 0 Å². The lowest BCUT2D eigenvalue weighted by Gasteiger charge is -2.09. The Morgan fingerprint density at radius 1 is 1.06 bits per heavy atom. The first kappa shape index (κ1) is 21.7. The summed E-state index contributed by atoms with van der Waals surface area (Å²) in [5.41, 5.74) is 1.99. The molecule has 0 bridgehead atoms. The minimum Gasteiger partial charge on any atom is -0.355 e. The van der Waals surface area contributed by atoms with Crippen molar-refractivity contribution in [3.8, 4) is 11.4 Å². The maximum absolute atomic E-state index is 12.1. The van der Waals surface area contributed by atoms with Crippen LogP contribution in [0.3, 0.4) is 0 Å². The van der Waals surface area contributed by atoms with Crippen LogP contribution in [-0.2, 0) is 14.6 Å². The van der Waals surface area contributed by atoms with Crippen LogP contribution in [0, 0.1) is 0 Å². The molecule has 9 nitrogen and oxygen atoms in total. The Kier molecular flexibility index (Phi) is 6.04. The second-order valence-corrected chi connectivity index (χ2v) is 9.49. The third kappa shape index (κ3) is 4.54. The van der Waals surface area contributed by atoms with Crippen molar-refractivity contribution in [3.05, 3.63) is 48.5 Å². The van der Waals surface area contributed by atoms with Crippen molar-refractivity contribution in [2.45, 2.75) is 24.7 Å². The Labute approximate surface area is 185 Å². The number of nitrogens with one attached hydrogen (secondary N) is 2. The molecule has 0 aliphatic heterocycles. The summed E-state index contributed by atoms with van der Waals surface area (Å²) in [6.07, 6.45) is 3.10. The van der Waals surface area contributed by atoms with E-state index in [1.54, 1.807) is 16.6 Å². The van der Waals surface area contributed by atoms with Gasteiger partial charge >= 0.3 is 0 Å². The Bertz CT molecular complexity index is 1380. The van der Waals surface area contributed by atoms with E-state index in [-0.39, 0.29) is 17.3 Å². The molecule has 2 N–H and O–H groups in total. The van der Waals surface area contributed by atoms with E-state index in [1.165, 1.54) is 18.4 Å². The zero-order chi connectivity index (χ0) is 22.7. The minimum absolute atomic E-state index is 0.0579. The van der Waals surface area contributed by atoms with Gasteiger partial charge in [-0.3, -0.25) is 4.79 Å². The van der Waals surface area contributed by atoms with Gasteiger partial charge in [-0.25, -0.2) is 18.4 Å². The fourth-order valence-corrected chi connectivity index (χ4v) is 3.90. The summed E-state index contributed by atoms with van der Waals surface area (Å²) in [4.78, 5) is 21.7. The highest BCUT2D eigenvalue weighted by molar-refractivity contribution is 7.90. The van der Waals surface area contributed by atoms with Crippen molar-refractivity contribution in [3.63, 3.8) is 0 Å². The van der Waals surface area contributed by atoms with Crippen LogP contribution in [-0.4, -0.2) is 53.3 Å². The first-order valence-corrected chi connectivity index (χ1v) is 12.2. The van der Waals surface area contributed by atoms with Crippen LogP contribution in [0.4, 0.5) is 5.95 Å². The summed E-state index contributed by atoms with van der Waals surface area (Å²) in [6.45, 7) is 2.76. The average molecular weight is 453 g/mol. The number of rotatable bonds is 8. The van der Waals surface area contributed by atoms with Crippen LogP contribution in [0.2, 0.25) is 0 Å². The Morgan fingerprint density at radius 2 is 1.81 bits per heavy atom. The number of anilines is 1. The Balaban J connectivity index is 1.71. The van der Waals surface area contributed by atoms with E-state index in [2.05, 4.69) is 32.6 Å². The number of fused-ring (bicyclic) bond motifs is 3. The number of hydrogen-bond donors (Lipinski definition) is 2. The maximum atomic E-state index is 12.1. The molecular formula is C22H24N6O3S. The summed E-state index contributed by atoms with van der Waals surface area (Å²) >= 11 is 0. The van der Waals surface area contributed by atoms with E-state index in [0.29, 0.717) is 29.5 Å². The van der Waals surface area contributed by atoms with Crippen molar-refractivity contribution < 1.29 is 13.2 Å². The molecule has 10 heteroatoms. The monoisotopic (exact) mass is 452 g/mol. The number of amides is 1. The largest absolute Gasteiger partial charge is 0.355 e. The molecule has 0 radical (unpaired) electrons. The van der Waals surface area contributed by atoms with Gasteiger partial charge in [0.05, 0.1) is 17.0 Å². The zero-order valence-electron chi connectivity index (χ0n) is 17.9. The average Bonchev–Trinajstić information content (AvgIpc) is 3.23. The SMILES string of the molecule is CCCCNC(=O)CNc1nc2ccccc2c2nc(-c3ccc(S(C)(=O)=O)cc3)nn12. The van der Waals surface area contributed by atoms with Crippen LogP contribution in [0.5, 0.6) is 0 Å². The lowest BCUT2D eigenvalue weighted by molar-refractivity contribution is -0.119. The molecule has 166 valence electrons. The highest BCUT2D eigenvalue weighted by atomic mass is 32.2. The Morgan fingerprint density at radius 3 is 2.53 bits per heavy atom. The first-order valence-electron chi connectivity index (χ1n) is 10.3. The molecule has 0 spiro atoms. The van der Waals surface area contributed by atoms with E-state index in [0.717, 1.165) is 23.7 Å². The Hall–Kier alpha value is -3.53. The van der Waals surface area contributed by atoms with Gasteiger partial charge in [0, 0.05) is 23.8 Å². The molecule has 2 aromatic heterocycles. The van der Waals surface area contributed by atoms with Crippen molar-refractivity contribution in [2.24, 2.45) is 0 Å². The molecule has 2 heterocycles. The summed E-state index contributed by atoms with van der Waals surface area (Å²) in [5.74, 6) is 0.702. The second kappa shape index (κ2) is 8.91. The molecule has 2 aromatic carbocycles. The van der Waals surface area contributed by atoms with Crippen LogP contribution in [0.1, 0.15) is 19.8 Å². The molecule has 32 heavy (non-hydrogen) atoms. The molecule has 0 saturated carbocycles. The van der Waals surface area contributed by atoms with Crippen LogP contribution in [0.15, 0.2) is 53.4 Å². The molecule has 0 atom stereocenters. The zero-order valence-corrected chi connectivity index (χ0v) is 18.7. The number of aromatic nitrogens is 4. The molecular weight excluding hydrogens is 428 g/mol. The van der Waals surface area contributed by atoms with Crippen LogP contribution < -0.4 is 10.6 Å². The standard InChI is InChI=1S/C22H24N6O3S/c1-3-4-13-23-19(29)14-24-22-25-18-8-6-5-7-17(18)21-26-20(27-28(21)22)15-9-11-16(12-10-15)32(2,30)31/h5-12H,3-4,13-14H2,1-2H3,(H,23,29)(H,24,25). The van der Waals surface area contributed by atoms with Gasteiger partial charge in [-0.2, -0.15) is 4.52 Å². The number of para-hydroxylation sites is 1. The van der Waals surface area contributed by atoms with Gasteiger partial charge in [0.2, 0.25) is 11.9 Å².